The number of amides is 1. The lowest BCUT2D eigenvalue weighted by molar-refractivity contribution is 0.0948. The molecular formula is C17H16N4O2S. The Morgan fingerprint density at radius 3 is 2.96 bits per heavy atom. The van der Waals surface area contributed by atoms with Crippen LogP contribution in [0, 0.1) is 0 Å². The summed E-state index contributed by atoms with van der Waals surface area (Å²) in [6.07, 6.45) is 7.13. The summed E-state index contributed by atoms with van der Waals surface area (Å²) in [5.41, 5.74) is 1.57. The third kappa shape index (κ3) is 2.60. The van der Waals surface area contributed by atoms with Crippen LogP contribution >= 0.6 is 11.3 Å². The summed E-state index contributed by atoms with van der Waals surface area (Å²) in [5.74, 6) is -0.414. The summed E-state index contributed by atoms with van der Waals surface area (Å²) in [6, 6.07) is 5.49. The molecule has 24 heavy (non-hydrogen) atoms. The van der Waals surface area contributed by atoms with Gasteiger partial charge in [0.25, 0.3) is 11.5 Å². The third-order valence-electron chi connectivity index (χ3n) is 4.20. The maximum Gasteiger partial charge on any atom is 0.271 e. The topological polar surface area (TPSA) is 76.4 Å². The van der Waals surface area contributed by atoms with Crippen LogP contribution in [0.15, 0.2) is 35.4 Å². The average molecular weight is 340 g/mol. The number of pyridine rings is 1. The fourth-order valence-corrected chi connectivity index (χ4v) is 4.16. The zero-order valence-electron chi connectivity index (χ0n) is 13.0. The molecule has 1 aliphatic carbocycles. The number of nitrogens with zero attached hydrogens (tertiary/aromatic N) is 3. The lowest BCUT2D eigenvalue weighted by Crippen LogP contribution is -2.32. The molecule has 4 rings (SSSR count). The fourth-order valence-electron chi connectivity index (χ4n) is 2.99. The van der Waals surface area contributed by atoms with Gasteiger partial charge in [-0.05, 0) is 37.8 Å². The predicted molar refractivity (Wildman–Crippen MR) is 91.4 cm³/mol. The summed E-state index contributed by atoms with van der Waals surface area (Å²) in [4.78, 5) is 35.5. The molecule has 0 saturated carbocycles. The first-order valence-electron chi connectivity index (χ1n) is 7.94. The Balaban J connectivity index is 1.65. The van der Waals surface area contributed by atoms with Crippen LogP contribution in [0.25, 0.3) is 4.96 Å². The molecule has 1 amide bonds. The first-order valence-corrected chi connectivity index (χ1v) is 8.76. The summed E-state index contributed by atoms with van der Waals surface area (Å²) < 4.78 is 1.62. The van der Waals surface area contributed by atoms with Crippen molar-refractivity contribution < 1.29 is 4.79 Å². The molecule has 0 unspecified atom stereocenters. The van der Waals surface area contributed by atoms with Crippen LogP contribution < -0.4 is 10.9 Å². The number of thiazole rings is 1. The molecule has 0 bridgehead atoms. The number of carbonyl (C=O) groups excluding carboxylic acids is 1. The van der Waals surface area contributed by atoms with E-state index >= 15 is 0 Å². The van der Waals surface area contributed by atoms with Gasteiger partial charge in [0.1, 0.15) is 5.56 Å². The highest BCUT2D eigenvalue weighted by Crippen LogP contribution is 2.28. The van der Waals surface area contributed by atoms with Gasteiger partial charge < -0.3 is 5.32 Å². The van der Waals surface area contributed by atoms with E-state index in [9.17, 15) is 9.59 Å². The molecule has 122 valence electrons. The summed E-state index contributed by atoms with van der Waals surface area (Å²) in [5, 5.41) is 2.74. The largest absolute Gasteiger partial charge is 0.346 e. The fraction of sp³-hybridized carbons (Fsp3) is 0.294. The van der Waals surface area contributed by atoms with Crippen molar-refractivity contribution in [3.63, 3.8) is 0 Å². The van der Waals surface area contributed by atoms with Gasteiger partial charge in [-0.2, -0.15) is 0 Å². The van der Waals surface area contributed by atoms with Crippen molar-refractivity contribution in [1.82, 2.24) is 19.7 Å². The Hall–Kier alpha value is -2.54. The zero-order chi connectivity index (χ0) is 16.5. The monoisotopic (exact) mass is 340 g/mol. The van der Waals surface area contributed by atoms with Crippen molar-refractivity contribution in [2.24, 2.45) is 0 Å². The molecule has 0 atom stereocenters. The minimum atomic E-state index is -0.414. The van der Waals surface area contributed by atoms with Crippen LogP contribution in [0.5, 0.6) is 0 Å². The molecule has 0 aromatic carbocycles. The number of fused-ring (bicyclic) bond motifs is 3. The normalized spacial score (nSPS) is 13.7. The zero-order valence-corrected chi connectivity index (χ0v) is 13.8. The van der Waals surface area contributed by atoms with E-state index in [1.807, 2.05) is 18.2 Å². The number of aromatic nitrogens is 3. The van der Waals surface area contributed by atoms with Gasteiger partial charge in [-0.25, -0.2) is 4.98 Å². The van der Waals surface area contributed by atoms with Gasteiger partial charge in [0.2, 0.25) is 0 Å². The van der Waals surface area contributed by atoms with E-state index in [0.29, 0.717) is 4.96 Å². The highest BCUT2D eigenvalue weighted by molar-refractivity contribution is 7.17. The van der Waals surface area contributed by atoms with Crippen molar-refractivity contribution in [1.29, 1.82) is 0 Å². The van der Waals surface area contributed by atoms with Crippen LogP contribution in [0.1, 0.15) is 39.5 Å². The van der Waals surface area contributed by atoms with Gasteiger partial charge in [-0.1, -0.05) is 6.07 Å². The SMILES string of the molecule is O=C(NCc1ccccn1)c1cnc2sc3c(n2c1=O)CCCC3. The smallest absolute Gasteiger partial charge is 0.271 e. The minimum Gasteiger partial charge on any atom is -0.346 e. The van der Waals surface area contributed by atoms with E-state index < -0.39 is 5.91 Å². The van der Waals surface area contributed by atoms with Gasteiger partial charge in [0.15, 0.2) is 4.96 Å². The van der Waals surface area contributed by atoms with Gasteiger partial charge >= 0.3 is 0 Å². The number of hydrogen-bond donors (Lipinski definition) is 1. The van der Waals surface area contributed by atoms with Crippen LogP contribution in [-0.2, 0) is 19.4 Å². The van der Waals surface area contributed by atoms with Gasteiger partial charge in [0, 0.05) is 23.0 Å². The Morgan fingerprint density at radius 2 is 2.12 bits per heavy atom. The second kappa shape index (κ2) is 6.16. The molecule has 3 aromatic heterocycles. The first kappa shape index (κ1) is 15.0. The van der Waals surface area contributed by atoms with Crippen LogP contribution in [-0.4, -0.2) is 20.3 Å². The van der Waals surface area contributed by atoms with Crippen molar-refractivity contribution in [3.05, 3.63) is 62.8 Å². The standard InChI is InChI=1S/C17H16N4O2S/c22-15(19-9-11-5-3-4-8-18-11)12-10-20-17-21(16(12)23)13-6-1-2-7-14(13)24-17/h3-5,8,10H,1-2,6-7,9H2,(H,19,22). The highest BCUT2D eigenvalue weighted by atomic mass is 32.1. The molecule has 3 aromatic rings. The molecule has 3 heterocycles. The molecule has 6 nitrogen and oxygen atoms in total. The second-order valence-electron chi connectivity index (χ2n) is 5.78. The number of nitrogens with one attached hydrogen (secondary N) is 1. The van der Waals surface area contributed by atoms with Crippen LogP contribution in [0.2, 0.25) is 0 Å². The van der Waals surface area contributed by atoms with Crippen molar-refractivity contribution >= 4 is 22.2 Å². The number of aryl methyl sites for hydroxylation is 2. The number of carbonyl (C=O) groups is 1. The summed E-state index contributed by atoms with van der Waals surface area (Å²) in [7, 11) is 0. The predicted octanol–water partition coefficient (Wildman–Crippen LogP) is 1.96. The lowest BCUT2D eigenvalue weighted by atomic mass is 10.0. The molecule has 0 spiro atoms. The second-order valence-corrected chi connectivity index (χ2v) is 6.84. The minimum absolute atomic E-state index is 0.0783. The molecule has 7 heteroatoms. The van der Waals surface area contributed by atoms with E-state index in [1.165, 1.54) is 11.1 Å². The van der Waals surface area contributed by atoms with E-state index in [0.717, 1.165) is 37.1 Å². The van der Waals surface area contributed by atoms with Crippen molar-refractivity contribution in [2.75, 3.05) is 0 Å². The Morgan fingerprint density at radius 1 is 1.25 bits per heavy atom. The molecular weight excluding hydrogens is 324 g/mol. The van der Waals surface area contributed by atoms with E-state index in [4.69, 9.17) is 0 Å². The maximum atomic E-state index is 12.8. The van der Waals surface area contributed by atoms with Crippen molar-refractivity contribution in [3.8, 4) is 0 Å². The Bertz CT molecular complexity index is 962. The van der Waals surface area contributed by atoms with Gasteiger partial charge in [0.05, 0.1) is 12.2 Å². The first-order chi connectivity index (χ1) is 11.7. The van der Waals surface area contributed by atoms with Crippen LogP contribution in [0.3, 0.4) is 0 Å². The molecule has 0 fully saturated rings. The molecule has 1 aliphatic rings. The van der Waals surface area contributed by atoms with Crippen molar-refractivity contribution in [2.45, 2.75) is 32.2 Å². The Kier molecular flexibility index (Phi) is 3.86. The quantitative estimate of drug-likeness (QED) is 0.791. The van der Waals surface area contributed by atoms with Gasteiger partial charge in [-0.15, -0.1) is 11.3 Å². The highest BCUT2D eigenvalue weighted by Gasteiger charge is 2.21. The lowest BCUT2D eigenvalue weighted by Gasteiger charge is -2.10. The molecule has 1 N–H and O–H groups in total. The number of hydrogen-bond acceptors (Lipinski definition) is 5. The Labute approximate surface area is 142 Å². The van der Waals surface area contributed by atoms with Crippen LogP contribution in [0.4, 0.5) is 0 Å². The molecule has 0 radical (unpaired) electrons. The van der Waals surface area contributed by atoms with E-state index in [2.05, 4.69) is 15.3 Å². The number of rotatable bonds is 3. The van der Waals surface area contributed by atoms with Gasteiger partial charge in [-0.3, -0.25) is 19.0 Å². The molecule has 0 saturated heterocycles. The molecule has 0 aliphatic heterocycles. The van der Waals surface area contributed by atoms with E-state index in [-0.39, 0.29) is 17.7 Å². The average Bonchev–Trinajstić information content (AvgIpc) is 3.00. The summed E-state index contributed by atoms with van der Waals surface area (Å²) >= 11 is 1.55. The van der Waals surface area contributed by atoms with E-state index in [1.54, 1.807) is 21.9 Å². The third-order valence-corrected chi connectivity index (χ3v) is 5.36. The maximum absolute atomic E-state index is 12.8. The summed E-state index contributed by atoms with van der Waals surface area (Å²) in [6.45, 7) is 0.281.